The molecule has 0 atom stereocenters. The van der Waals surface area contributed by atoms with Crippen LogP contribution in [0.15, 0.2) is 89.5 Å². The SMILES string of the molecule is c1ccc2c(c1)oc1c2c2ncccc2n1-c1ccc2sc3ccccc3c2c1. The van der Waals surface area contributed by atoms with Gasteiger partial charge >= 0.3 is 0 Å². The van der Waals surface area contributed by atoms with Gasteiger partial charge < -0.3 is 4.42 Å². The summed E-state index contributed by atoms with van der Waals surface area (Å²) in [5.74, 6) is 0. The maximum Gasteiger partial charge on any atom is 0.215 e. The van der Waals surface area contributed by atoms with Gasteiger partial charge in [-0.2, -0.15) is 0 Å². The second-order valence-corrected chi connectivity index (χ2v) is 8.35. The first kappa shape index (κ1) is 15.3. The lowest BCUT2D eigenvalue weighted by atomic mass is 10.1. The number of pyridine rings is 1. The van der Waals surface area contributed by atoms with Crippen LogP contribution < -0.4 is 0 Å². The smallest absolute Gasteiger partial charge is 0.215 e. The molecule has 0 fully saturated rings. The lowest BCUT2D eigenvalue weighted by molar-refractivity contribution is 0.645. The van der Waals surface area contributed by atoms with Gasteiger partial charge in [0, 0.05) is 37.4 Å². The molecule has 0 saturated heterocycles. The van der Waals surface area contributed by atoms with Crippen LogP contribution in [0.4, 0.5) is 0 Å². The highest BCUT2D eigenvalue weighted by molar-refractivity contribution is 7.25. The summed E-state index contributed by atoms with van der Waals surface area (Å²) in [6.07, 6.45) is 1.85. The van der Waals surface area contributed by atoms with Gasteiger partial charge in [0.25, 0.3) is 0 Å². The third-order valence-corrected chi connectivity index (χ3v) is 6.81. The normalized spacial score (nSPS) is 12.1. The lowest BCUT2D eigenvalue weighted by Gasteiger charge is -2.06. The predicted molar refractivity (Wildman–Crippen MR) is 121 cm³/mol. The van der Waals surface area contributed by atoms with Crippen molar-refractivity contribution in [1.82, 2.24) is 9.55 Å². The summed E-state index contributed by atoms with van der Waals surface area (Å²) in [6.45, 7) is 0. The zero-order chi connectivity index (χ0) is 18.9. The van der Waals surface area contributed by atoms with E-state index in [4.69, 9.17) is 9.40 Å². The van der Waals surface area contributed by atoms with Crippen molar-refractivity contribution in [1.29, 1.82) is 0 Å². The molecule has 136 valence electrons. The molecule has 29 heavy (non-hydrogen) atoms. The Morgan fingerprint density at radius 2 is 1.59 bits per heavy atom. The first-order valence-electron chi connectivity index (χ1n) is 9.57. The first-order valence-corrected chi connectivity index (χ1v) is 10.4. The summed E-state index contributed by atoms with van der Waals surface area (Å²) in [5.41, 5.74) is 4.86. The average Bonchev–Trinajstić information content (AvgIpc) is 3.41. The second-order valence-electron chi connectivity index (χ2n) is 7.26. The molecule has 4 aromatic heterocycles. The number of aromatic nitrogens is 2. The number of fused-ring (bicyclic) bond motifs is 8. The van der Waals surface area contributed by atoms with E-state index < -0.39 is 0 Å². The van der Waals surface area contributed by atoms with E-state index >= 15 is 0 Å². The molecule has 7 aromatic rings. The van der Waals surface area contributed by atoms with Crippen molar-refractivity contribution < 1.29 is 4.42 Å². The number of hydrogen-bond acceptors (Lipinski definition) is 3. The summed E-state index contributed by atoms with van der Waals surface area (Å²) in [7, 11) is 0. The van der Waals surface area contributed by atoms with Gasteiger partial charge in [-0.15, -0.1) is 11.3 Å². The fourth-order valence-electron chi connectivity index (χ4n) is 4.41. The summed E-state index contributed by atoms with van der Waals surface area (Å²) in [5, 5.41) is 4.75. The van der Waals surface area contributed by atoms with E-state index in [0.29, 0.717) is 0 Å². The standard InChI is InChI=1S/C25H14N2OS/c1-3-9-20-17(7-1)23-24-19(8-5-13-26-24)27(25(23)28-20)15-11-12-22-18(14-15)16-6-2-4-10-21(16)29-22/h1-14H. The molecule has 4 heteroatoms. The average molecular weight is 390 g/mol. The molecule has 3 aromatic carbocycles. The highest BCUT2D eigenvalue weighted by atomic mass is 32.1. The molecule has 0 N–H and O–H groups in total. The van der Waals surface area contributed by atoms with E-state index in [1.54, 1.807) is 0 Å². The molecule has 0 bridgehead atoms. The van der Waals surface area contributed by atoms with Gasteiger partial charge in [0.1, 0.15) is 11.1 Å². The Morgan fingerprint density at radius 3 is 2.55 bits per heavy atom. The van der Waals surface area contributed by atoms with E-state index in [9.17, 15) is 0 Å². The van der Waals surface area contributed by atoms with Crippen LogP contribution in [-0.4, -0.2) is 9.55 Å². The zero-order valence-electron chi connectivity index (χ0n) is 15.3. The van der Waals surface area contributed by atoms with Gasteiger partial charge in [0.05, 0.1) is 10.9 Å². The zero-order valence-corrected chi connectivity index (χ0v) is 16.1. The van der Waals surface area contributed by atoms with E-state index in [-0.39, 0.29) is 0 Å². The molecule has 0 unspecified atom stereocenters. The Morgan fingerprint density at radius 1 is 0.759 bits per heavy atom. The Balaban J connectivity index is 1.65. The van der Waals surface area contributed by atoms with Crippen LogP contribution in [0.3, 0.4) is 0 Å². The van der Waals surface area contributed by atoms with Crippen molar-refractivity contribution in [2.24, 2.45) is 0 Å². The maximum atomic E-state index is 6.33. The van der Waals surface area contributed by atoms with Crippen LogP contribution in [0.5, 0.6) is 0 Å². The molecule has 0 saturated carbocycles. The van der Waals surface area contributed by atoms with Crippen LogP contribution in [0.1, 0.15) is 0 Å². The van der Waals surface area contributed by atoms with Crippen LogP contribution >= 0.6 is 11.3 Å². The lowest BCUT2D eigenvalue weighted by Crippen LogP contribution is -1.92. The summed E-state index contributed by atoms with van der Waals surface area (Å²) < 4.78 is 11.1. The fraction of sp³-hybridized carbons (Fsp3) is 0. The number of furan rings is 1. The molecule has 4 heterocycles. The monoisotopic (exact) mass is 390 g/mol. The summed E-state index contributed by atoms with van der Waals surface area (Å²) in [4.78, 5) is 4.70. The van der Waals surface area contributed by atoms with Crippen molar-refractivity contribution in [3.8, 4) is 5.69 Å². The summed E-state index contributed by atoms with van der Waals surface area (Å²) in [6, 6.07) is 27.5. The number of hydrogen-bond donors (Lipinski definition) is 0. The summed E-state index contributed by atoms with van der Waals surface area (Å²) >= 11 is 1.83. The predicted octanol–water partition coefficient (Wildman–Crippen LogP) is 7.29. The van der Waals surface area contributed by atoms with Crippen molar-refractivity contribution in [2.45, 2.75) is 0 Å². The Bertz CT molecular complexity index is 1720. The minimum atomic E-state index is 0.846. The van der Waals surface area contributed by atoms with Crippen molar-refractivity contribution in [2.75, 3.05) is 0 Å². The van der Waals surface area contributed by atoms with E-state index in [0.717, 1.165) is 38.8 Å². The molecule has 0 amide bonds. The number of thiophene rings is 1. The molecule has 0 spiro atoms. The third kappa shape index (κ3) is 1.99. The van der Waals surface area contributed by atoms with Crippen molar-refractivity contribution in [3.05, 3.63) is 85.1 Å². The molecule has 0 aliphatic carbocycles. The number of para-hydroxylation sites is 1. The van der Waals surface area contributed by atoms with Crippen LogP contribution in [0.2, 0.25) is 0 Å². The van der Waals surface area contributed by atoms with Crippen LogP contribution in [0.25, 0.3) is 59.0 Å². The topological polar surface area (TPSA) is 31.0 Å². The van der Waals surface area contributed by atoms with E-state index in [1.165, 1.54) is 20.2 Å². The Hall–Kier alpha value is -3.63. The molecule has 7 rings (SSSR count). The molecular weight excluding hydrogens is 376 g/mol. The largest absolute Gasteiger partial charge is 0.439 e. The molecular formula is C25H14N2OS. The van der Waals surface area contributed by atoms with Crippen LogP contribution in [0, 0.1) is 0 Å². The molecule has 0 aliphatic heterocycles. The van der Waals surface area contributed by atoms with E-state index in [1.807, 2.05) is 41.8 Å². The van der Waals surface area contributed by atoms with E-state index in [2.05, 4.69) is 59.2 Å². The molecule has 0 aliphatic rings. The van der Waals surface area contributed by atoms with Gasteiger partial charge in [-0.1, -0.05) is 36.4 Å². The number of rotatable bonds is 1. The Labute approximate surface area is 169 Å². The third-order valence-electron chi connectivity index (χ3n) is 5.66. The minimum Gasteiger partial charge on any atom is -0.439 e. The quantitative estimate of drug-likeness (QED) is 0.295. The maximum absolute atomic E-state index is 6.33. The number of benzene rings is 3. The minimum absolute atomic E-state index is 0.846. The van der Waals surface area contributed by atoms with Gasteiger partial charge in [0.2, 0.25) is 5.71 Å². The van der Waals surface area contributed by atoms with Gasteiger partial charge in [-0.3, -0.25) is 9.55 Å². The fourth-order valence-corrected chi connectivity index (χ4v) is 5.49. The Kier molecular flexibility index (Phi) is 2.88. The van der Waals surface area contributed by atoms with Gasteiger partial charge in [-0.05, 0) is 42.5 Å². The highest BCUT2D eigenvalue weighted by Crippen LogP contribution is 2.40. The van der Waals surface area contributed by atoms with Crippen molar-refractivity contribution >= 4 is 64.6 Å². The second kappa shape index (κ2) is 5.46. The first-order chi connectivity index (χ1) is 14.4. The van der Waals surface area contributed by atoms with Gasteiger partial charge in [-0.25, -0.2) is 0 Å². The highest BCUT2D eigenvalue weighted by Gasteiger charge is 2.20. The molecule has 3 nitrogen and oxygen atoms in total. The van der Waals surface area contributed by atoms with Gasteiger partial charge in [0.15, 0.2) is 0 Å². The number of nitrogens with zero attached hydrogens (tertiary/aromatic N) is 2. The van der Waals surface area contributed by atoms with Crippen LogP contribution in [-0.2, 0) is 0 Å². The van der Waals surface area contributed by atoms with Crippen molar-refractivity contribution in [3.63, 3.8) is 0 Å². The molecule has 0 radical (unpaired) electrons.